The normalized spacial score (nSPS) is 12.8. The van der Waals surface area contributed by atoms with Gasteiger partial charge in [-0.25, -0.2) is 0 Å². The van der Waals surface area contributed by atoms with Crippen LogP contribution >= 0.6 is 0 Å². The molecule has 3 rings (SSSR count). The van der Waals surface area contributed by atoms with Crippen LogP contribution in [0, 0.1) is 0 Å². The van der Waals surface area contributed by atoms with E-state index in [4.69, 9.17) is 0 Å². The fourth-order valence-electron chi connectivity index (χ4n) is 2.56. The zero-order valence-corrected chi connectivity index (χ0v) is 13.9. The summed E-state index contributed by atoms with van der Waals surface area (Å²) in [5.74, 6) is -0.413. The van der Waals surface area contributed by atoms with E-state index in [1.165, 1.54) is 0 Å². The fourth-order valence-corrected chi connectivity index (χ4v) is 2.56. The monoisotopic (exact) mass is 362 g/mol. The molecule has 0 saturated carbocycles. The van der Waals surface area contributed by atoms with Crippen molar-refractivity contribution in [1.82, 2.24) is 19.7 Å². The smallest absolute Gasteiger partial charge is 0.348 e. The van der Waals surface area contributed by atoms with Crippen LogP contribution in [0.15, 0.2) is 61.1 Å². The van der Waals surface area contributed by atoms with E-state index in [9.17, 15) is 18.0 Å². The first-order valence-corrected chi connectivity index (χ1v) is 7.96. The zero-order valence-electron chi connectivity index (χ0n) is 13.9. The van der Waals surface area contributed by atoms with Crippen molar-refractivity contribution in [3.8, 4) is 5.69 Å². The quantitative estimate of drug-likeness (QED) is 0.754. The van der Waals surface area contributed by atoms with Crippen LogP contribution < -0.4 is 5.32 Å². The van der Waals surface area contributed by atoms with E-state index in [2.05, 4.69) is 10.4 Å². The third-order valence-electron chi connectivity index (χ3n) is 3.91. The minimum absolute atomic E-state index is 0.276. The van der Waals surface area contributed by atoms with Crippen molar-refractivity contribution in [1.29, 1.82) is 0 Å². The maximum Gasteiger partial charge on any atom is 0.435 e. The average Bonchev–Trinajstić information content (AvgIpc) is 3.26. The molecule has 0 aliphatic rings. The van der Waals surface area contributed by atoms with Crippen molar-refractivity contribution in [2.75, 3.05) is 0 Å². The van der Waals surface area contributed by atoms with Gasteiger partial charge in [0.1, 0.15) is 6.54 Å². The Hall–Kier alpha value is -3.03. The van der Waals surface area contributed by atoms with Crippen LogP contribution in [0.4, 0.5) is 13.2 Å². The standard InChI is InChI=1S/C18H17F3N4O/c1-13(14-4-6-15(7-5-14)24-9-2-3-10-24)22-17(26)12-25-11-8-16(23-25)18(19,20)21/h2-11,13H,12H2,1H3,(H,22,26). The highest BCUT2D eigenvalue weighted by Gasteiger charge is 2.33. The van der Waals surface area contributed by atoms with Crippen LogP contribution in [-0.2, 0) is 17.5 Å². The number of hydrogen-bond acceptors (Lipinski definition) is 2. The van der Waals surface area contributed by atoms with E-state index in [0.717, 1.165) is 28.2 Å². The topological polar surface area (TPSA) is 51.9 Å². The lowest BCUT2D eigenvalue weighted by molar-refractivity contribution is -0.141. The number of amides is 1. The van der Waals surface area contributed by atoms with E-state index in [1.54, 1.807) is 0 Å². The van der Waals surface area contributed by atoms with Gasteiger partial charge in [-0.05, 0) is 42.8 Å². The second-order valence-electron chi connectivity index (χ2n) is 5.87. The number of halogens is 3. The molecule has 8 heteroatoms. The number of carbonyl (C=O) groups is 1. The predicted octanol–water partition coefficient (Wildman–Crippen LogP) is 3.57. The van der Waals surface area contributed by atoms with Crippen molar-refractivity contribution >= 4 is 5.91 Å². The average molecular weight is 362 g/mol. The van der Waals surface area contributed by atoms with Gasteiger partial charge in [0.2, 0.25) is 5.91 Å². The molecule has 5 nitrogen and oxygen atoms in total. The van der Waals surface area contributed by atoms with Gasteiger partial charge < -0.3 is 9.88 Å². The largest absolute Gasteiger partial charge is 0.435 e. The van der Waals surface area contributed by atoms with Gasteiger partial charge >= 0.3 is 6.18 Å². The molecule has 0 spiro atoms. The maximum absolute atomic E-state index is 12.5. The Labute approximate surface area is 148 Å². The number of hydrogen-bond donors (Lipinski definition) is 1. The first kappa shape index (κ1) is 17.8. The molecule has 2 heterocycles. The molecule has 1 atom stereocenters. The summed E-state index contributed by atoms with van der Waals surface area (Å²) in [4.78, 5) is 12.1. The van der Waals surface area contributed by atoms with Crippen LogP contribution in [0.1, 0.15) is 24.2 Å². The number of alkyl halides is 3. The molecule has 1 aromatic carbocycles. The Morgan fingerprint density at radius 1 is 1.12 bits per heavy atom. The Morgan fingerprint density at radius 2 is 1.77 bits per heavy atom. The number of aromatic nitrogens is 3. The molecule has 0 aliphatic carbocycles. The summed E-state index contributed by atoms with van der Waals surface area (Å²) in [5.41, 5.74) is 0.873. The molecule has 1 N–H and O–H groups in total. The summed E-state index contributed by atoms with van der Waals surface area (Å²) < 4.78 is 40.5. The van der Waals surface area contributed by atoms with Crippen molar-refractivity contribution in [2.45, 2.75) is 25.7 Å². The van der Waals surface area contributed by atoms with Gasteiger partial charge in [-0.15, -0.1) is 0 Å². The summed E-state index contributed by atoms with van der Waals surface area (Å²) in [6.45, 7) is 1.54. The number of carbonyl (C=O) groups excluding carboxylic acids is 1. The molecule has 1 amide bonds. The highest BCUT2D eigenvalue weighted by molar-refractivity contribution is 5.76. The Kier molecular flexibility index (Phi) is 4.83. The number of nitrogens with one attached hydrogen (secondary N) is 1. The predicted molar refractivity (Wildman–Crippen MR) is 89.6 cm³/mol. The highest BCUT2D eigenvalue weighted by Crippen LogP contribution is 2.27. The van der Waals surface area contributed by atoms with Gasteiger partial charge in [-0.3, -0.25) is 9.48 Å². The SMILES string of the molecule is CC(NC(=O)Cn1ccc(C(F)(F)F)n1)c1ccc(-n2cccc2)cc1. The fraction of sp³-hybridized carbons (Fsp3) is 0.222. The molecular formula is C18H17F3N4O. The highest BCUT2D eigenvalue weighted by atomic mass is 19.4. The molecule has 3 aromatic rings. The van der Waals surface area contributed by atoms with Gasteiger partial charge in [0.05, 0.1) is 6.04 Å². The molecule has 0 fully saturated rings. The lowest BCUT2D eigenvalue weighted by Gasteiger charge is -2.15. The number of nitrogens with zero attached hydrogens (tertiary/aromatic N) is 3. The second-order valence-corrected chi connectivity index (χ2v) is 5.87. The van der Waals surface area contributed by atoms with E-state index >= 15 is 0 Å². The van der Waals surface area contributed by atoms with E-state index in [-0.39, 0.29) is 12.6 Å². The van der Waals surface area contributed by atoms with Crippen molar-refractivity contribution < 1.29 is 18.0 Å². The number of benzene rings is 1. The zero-order chi connectivity index (χ0) is 18.7. The molecule has 136 valence electrons. The van der Waals surface area contributed by atoms with Gasteiger partial charge in [-0.1, -0.05) is 12.1 Å². The van der Waals surface area contributed by atoms with Crippen LogP contribution in [0.2, 0.25) is 0 Å². The molecule has 26 heavy (non-hydrogen) atoms. The van der Waals surface area contributed by atoms with Gasteiger partial charge in [0.25, 0.3) is 0 Å². The molecule has 1 unspecified atom stereocenters. The Morgan fingerprint density at radius 3 is 2.35 bits per heavy atom. The Bertz CT molecular complexity index is 867. The minimum atomic E-state index is -4.52. The van der Waals surface area contributed by atoms with Crippen molar-refractivity contribution in [3.63, 3.8) is 0 Å². The molecular weight excluding hydrogens is 345 g/mol. The summed E-state index contributed by atoms with van der Waals surface area (Å²) in [6, 6.07) is 12.1. The molecule has 0 radical (unpaired) electrons. The summed E-state index contributed by atoms with van der Waals surface area (Å²) in [7, 11) is 0. The van der Waals surface area contributed by atoms with Crippen LogP contribution in [0.25, 0.3) is 5.69 Å². The molecule has 0 bridgehead atoms. The lowest BCUT2D eigenvalue weighted by Crippen LogP contribution is -2.30. The molecule has 0 saturated heterocycles. The van der Waals surface area contributed by atoms with Crippen LogP contribution in [0.3, 0.4) is 0 Å². The minimum Gasteiger partial charge on any atom is -0.348 e. The summed E-state index contributed by atoms with van der Waals surface area (Å²) >= 11 is 0. The third kappa shape index (κ3) is 4.14. The van der Waals surface area contributed by atoms with Crippen LogP contribution in [0.5, 0.6) is 0 Å². The van der Waals surface area contributed by atoms with Gasteiger partial charge in [0, 0.05) is 24.3 Å². The molecule has 2 aromatic heterocycles. The van der Waals surface area contributed by atoms with E-state index < -0.39 is 17.8 Å². The van der Waals surface area contributed by atoms with E-state index in [0.29, 0.717) is 0 Å². The second kappa shape index (κ2) is 7.07. The van der Waals surface area contributed by atoms with E-state index in [1.807, 2.05) is 60.3 Å². The molecule has 0 aliphatic heterocycles. The summed E-state index contributed by atoms with van der Waals surface area (Å²) in [5, 5.41) is 6.13. The van der Waals surface area contributed by atoms with Crippen molar-refractivity contribution in [2.24, 2.45) is 0 Å². The first-order valence-electron chi connectivity index (χ1n) is 7.96. The summed E-state index contributed by atoms with van der Waals surface area (Å²) in [6.07, 6.45) is 0.481. The first-order chi connectivity index (χ1) is 12.3. The van der Waals surface area contributed by atoms with Crippen molar-refractivity contribution in [3.05, 3.63) is 72.3 Å². The van der Waals surface area contributed by atoms with Gasteiger partial charge in [-0.2, -0.15) is 18.3 Å². The lowest BCUT2D eigenvalue weighted by atomic mass is 10.1. The Balaban J connectivity index is 1.59. The maximum atomic E-state index is 12.5. The third-order valence-corrected chi connectivity index (χ3v) is 3.91. The number of rotatable bonds is 5. The van der Waals surface area contributed by atoms with Crippen LogP contribution in [-0.4, -0.2) is 20.3 Å². The van der Waals surface area contributed by atoms with Gasteiger partial charge in [0.15, 0.2) is 5.69 Å².